The third-order valence-corrected chi connectivity index (χ3v) is 2.35. The maximum atomic E-state index is 13.4. The summed E-state index contributed by atoms with van der Waals surface area (Å²) in [4.78, 5) is 10.7. The number of benzene rings is 1. The summed E-state index contributed by atoms with van der Waals surface area (Å²) in [5.74, 6) is -0.0523. The number of hydrogen-bond acceptors (Lipinski definition) is 1. The Kier molecular flexibility index (Phi) is 2.23. The van der Waals surface area contributed by atoms with E-state index in [-0.39, 0.29) is 17.4 Å². The molecule has 0 radical (unpaired) electrons. The zero-order valence-corrected chi connectivity index (χ0v) is 8.01. The van der Waals surface area contributed by atoms with E-state index in [2.05, 4.69) is 5.32 Å². The first-order valence-corrected chi connectivity index (χ1v) is 4.74. The highest BCUT2D eigenvalue weighted by molar-refractivity contribution is 5.88. The van der Waals surface area contributed by atoms with E-state index in [1.165, 1.54) is 13.0 Å². The van der Waals surface area contributed by atoms with Crippen molar-refractivity contribution in [1.29, 1.82) is 0 Å². The van der Waals surface area contributed by atoms with Crippen molar-refractivity contribution in [3.8, 4) is 0 Å². The first kappa shape index (κ1) is 9.19. The number of rotatable bonds is 2. The number of hydrogen-bond donors (Lipinski definition) is 1. The second kappa shape index (κ2) is 3.40. The summed E-state index contributed by atoms with van der Waals surface area (Å²) in [6.45, 7) is 1.37. The van der Waals surface area contributed by atoms with E-state index in [0.717, 1.165) is 18.4 Å². The minimum Gasteiger partial charge on any atom is -0.324 e. The molecule has 0 bridgehead atoms. The van der Waals surface area contributed by atoms with Crippen molar-refractivity contribution in [3.63, 3.8) is 0 Å². The normalized spacial score (nSPS) is 15.3. The molecule has 1 amide bonds. The molecule has 2 nitrogen and oxygen atoms in total. The molecule has 1 aromatic rings. The van der Waals surface area contributed by atoms with E-state index in [1.54, 1.807) is 6.07 Å². The second-order valence-electron chi connectivity index (χ2n) is 3.69. The lowest BCUT2D eigenvalue weighted by atomic mass is 10.1. The molecule has 0 atom stereocenters. The van der Waals surface area contributed by atoms with E-state index >= 15 is 0 Å². The first-order chi connectivity index (χ1) is 6.66. The van der Waals surface area contributed by atoms with Crippen LogP contribution in [0.5, 0.6) is 0 Å². The fourth-order valence-corrected chi connectivity index (χ4v) is 1.49. The minimum atomic E-state index is -0.343. The fraction of sp³-hybridized carbons (Fsp3) is 0.364. The van der Waals surface area contributed by atoms with Gasteiger partial charge in [0.1, 0.15) is 5.82 Å². The van der Waals surface area contributed by atoms with Crippen LogP contribution in [-0.2, 0) is 4.79 Å². The SMILES string of the molecule is CC(=O)Nc1ccc(C2CC2)cc1F. The van der Waals surface area contributed by atoms with Crippen LogP contribution in [0.1, 0.15) is 31.2 Å². The van der Waals surface area contributed by atoms with Crippen LogP contribution in [0.15, 0.2) is 18.2 Å². The molecular formula is C11H12FNO. The molecule has 0 unspecified atom stereocenters. The number of carbonyl (C=O) groups excluding carboxylic acids is 1. The number of nitrogens with one attached hydrogen (secondary N) is 1. The van der Waals surface area contributed by atoms with Crippen molar-refractivity contribution in [2.24, 2.45) is 0 Å². The molecule has 3 heteroatoms. The van der Waals surface area contributed by atoms with Crippen LogP contribution < -0.4 is 5.32 Å². The Labute approximate surface area is 82.1 Å². The molecule has 0 aliphatic heterocycles. The van der Waals surface area contributed by atoms with E-state index < -0.39 is 0 Å². The molecular weight excluding hydrogens is 181 g/mol. The van der Waals surface area contributed by atoms with E-state index in [0.29, 0.717) is 5.92 Å². The molecule has 74 valence electrons. The van der Waals surface area contributed by atoms with Gasteiger partial charge in [0, 0.05) is 6.92 Å². The Morgan fingerprint density at radius 3 is 2.71 bits per heavy atom. The molecule has 0 heterocycles. The van der Waals surface area contributed by atoms with Crippen molar-refractivity contribution in [3.05, 3.63) is 29.6 Å². The van der Waals surface area contributed by atoms with Crippen LogP contribution in [0.4, 0.5) is 10.1 Å². The number of halogens is 1. The van der Waals surface area contributed by atoms with E-state index in [1.807, 2.05) is 6.07 Å². The van der Waals surface area contributed by atoms with Crippen LogP contribution in [-0.4, -0.2) is 5.91 Å². The molecule has 0 saturated heterocycles. The van der Waals surface area contributed by atoms with E-state index in [4.69, 9.17) is 0 Å². The van der Waals surface area contributed by atoms with Crippen LogP contribution in [0.25, 0.3) is 0 Å². The number of carbonyl (C=O) groups is 1. The maximum absolute atomic E-state index is 13.4. The molecule has 1 aromatic carbocycles. The predicted molar refractivity (Wildman–Crippen MR) is 52.7 cm³/mol. The van der Waals surface area contributed by atoms with Gasteiger partial charge in [-0.15, -0.1) is 0 Å². The van der Waals surface area contributed by atoms with Gasteiger partial charge in [-0.05, 0) is 36.5 Å². The molecule has 14 heavy (non-hydrogen) atoms. The summed E-state index contributed by atoms with van der Waals surface area (Å²) in [6, 6.07) is 5.03. The van der Waals surface area contributed by atoms with Crippen molar-refractivity contribution >= 4 is 11.6 Å². The van der Waals surface area contributed by atoms with Crippen molar-refractivity contribution in [2.75, 3.05) is 5.32 Å². The standard InChI is InChI=1S/C11H12FNO/c1-7(14)13-11-5-4-9(6-10(11)12)8-2-3-8/h4-6,8H,2-3H2,1H3,(H,13,14). The predicted octanol–water partition coefficient (Wildman–Crippen LogP) is 2.66. The lowest BCUT2D eigenvalue weighted by molar-refractivity contribution is -0.114. The average molecular weight is 193 g/mol. The van der Waals surface area contributed by atoms with Gasteiger partial charge in [-0.3, -0.25) is 4.79 Å². The Hall–Kier alpha value is -1.38. The van der Waals surface area contributed by atoms with Gasteiger partial charge in [0.05, 0.1) is 5.69 Å². The lowest BCUT2D eigenvalue weighted by Gasteiger charge is -2.05. The Balaban J connectivity index is 2.21. The highest BCUT2D eigenvalue weighted by Crippen LogP contribution is 2.40. The highest BCUT2D eigenvalue weighted by Gasteiger charge is 2.24. The van der Waals surface area contributed by atoms with Gasteiger partial charge >= 0.3 is 0 Å². The van der Waals surface area contributed by atoms with Crippen molar-refractivity contribution in [1.82, 2.24) is 0 Å². The lowest BCUT2D eigenvalue weighted by Crippen LogP contribution is -2.07. The van der Waals surface area contributed by atoms with Crippen LogP contribution in [0.3, 0.4) is 0 Å². The third-order valence-electron chi connectivity index (χ3n) is 2.35. The minimum absolute atomic E-state index is 0.247. The highest BCUT2D eigenvalue weighted by atomic mass is 19.1. The second-order valence-corrected chi connectivity index (χ2v) is 3.69. The summed E-state index contributed by atoms with van der Waals surface area (Å²) in [5, 5.41) is 2.45. The van der Waals surface area contributed by atoms with Crippen LogP contribution in [0, 0.1) is 5.82 Å². The van der Waals surface area contributed by atoms with Gasteiger partial charge in [-0.25, -0.2) is 4.39 Å². The zero-order chi connectivity index (χ0) is 10.1. The Bertz CT molecular complexity index is 372. The van der Waals surface area contributed by atoms with Crippen LogP contribution >= 0.6 is 0 Å². The Morgan fingerprint density at radius 2 is 2.21 bits per heavy atom. The van der Waals surface area contributed by atoms with Gasteiger partial charge in [-0.1, -0.05) is 6.07 Å². The summed E-state index contributed by atoms with van der Waals surface area (Å²) in [6.07, 6.45) is 2.30. The largest absolute Gasteiger partial charge is 0.324 e. The molecule has 2 rings (SSSR count). The molecule has 1 aliphatic rings. The van der Waals surface area contributed by atoms with Crippen LogP contribution in [0.2, 0.25) is 0 Å². The molecule has 1 fully saturated rings. The Morgan fingerprint density at radius 1 is 1.50 bits per heavy atom. The molecule has 1 aliphatic carbocycles. The number of anilines is 1. The van der Waals surface area contributed by atoms with E-state index in [9.17, 15) is 9.18 Å². The monoisotopic (exact) mass is 193 g/mol. The van der Waals surface area contributed by atoms with Gasteiger partial charge < -0.3 is 5.32 Å². The molecule has 0 spiro atoms. The number of amides is 1. The summed E-state index contributed by atoms with van der Waals surface area (Å²) < 4.78 is 13.4. The topological polar surface area (TPSA) is 29.1 Å². The molecule has 1 N–H and O–H groups in total. The van der Waals surface area contributed by atoms with Crippen molar-refractivity contribution in [2.45, 2.75) is 25.7 Å². The van der Waals surface area contributed by atoms with Gasteiger partial charge in [-0.2, -0.15) is 0 Å². The van der Waals surface area contributed by atoms with Gasteiger partial charge in [0.25, 0.3) is 0 Å². The summed E-state index contributed by atoms with van der Waals surface area (Å²) in [5.41, 5.74) is 1.30. The third kappa shape index (κ3) is 1.92. The fourth-order valence-electron chi connectivity index (χ4n) is 1.49. The molecule has 1 saturated carbocycles. The van der Waals surface area contributed by atoms with Gasteiger partial charge in [0.2, 0.25) is 5.91 Å². The quantitative estimate of drug-likeness (QED) is 0.768. The summed E-state index contributed by atoms with van der Waals surface area (Å²) >= 11 is 0. The van der Waals surface area contributed by atoms with Crippen molar-refractivity contribution < 1.29 is 9.18 Å². The average Bonchev–Trinajstić information content (AvgIpc) is 2.90. The zero-order valence-electron chi connectivity index (χ0n) is 8.01. The maximum Gasteiger partial charge on any atom is 0.221 e. The first-order valence-electron chi connectivity index (χ1n) is 4.74. The summed E-state index contributed by atoms with van der Waals surface area (Å²) in [7, 11) is 0. The smallest absolute Gasteiger partial charge is 0.221 e. The van der Waals surface area contributed by atoms with Gasteiger partial charge in [0.15, 0.2) is 0 Å². The molecule has 0 aromatic heterocycles.